The van der Waals surface area contributed by atoms with E-state index in [1.807, 2.05) is 23.9 Å². The second-order valence-electron chi connectivity index (χ2n) is 3.76. The SMILES string of the molecule is CSC(C)CCNCc1ccc(Br)c(Cl)c1. The Balaban J connectivity index is 2.29. The molecule has 90 valence electrons. The molecule has 0 aliphatic rings. The van der Waals surface area contributed by atoms with Gasteiger partial charge in [0, 0.05) is 16.3 Å². The molecule has 16 heavy (non-hydrogen) atoms. The molecular weight excluding hydrogens is 306 g/mol. The van der Waals surface area contributed by atoms with Gasteiger partial charge in [-0.1, -0.05) is 24.6 Å². The quantitative estimate of drug-likeness (QED) is 0.782. The summed E-state index contributed by atoms with van der Waals surface area (Å²) in [6.45, 7) is 4.19. The van der Waals surface area contributed by atoms with Gasteiger partial charge < -0.3 is 5.32 Å². The lowest BCUT2D eigenvalue weighted by molar-refractivity contribution is 0.648. The summed E-state index contributed by atoms with van der Waals surface area (Å²) in [4.78, 5) is 0. The summed E-state index contributed by atoms with van der Waals surface area (Å²) in [5, 5.41) is 4.92. The Morgan fingerprint density at radius 1 is 1.50 bits per heavy atom. The maximum atomic E-state index is 6.02. The first-order chi connectivity index (χ1) is 7.63. The lowest BCUT2D eigenvalue weighted by Crippen LogP contribution is -2.17. The summed E-state index contributed by atoms with van der Waals surface area (Å²) in [5.41, 5.74) is 1.23. The molecule has 0 saturated carbocycles. The molecular formula is C12H17BrClNS. The van der Waals surface area contributed by atoms with Gasteiger partial charge in [0.15, 0.2) is 0 Å². The second kappa shape index (κ2) is 7.59. The number of thioether (sulfide) groups is 1. The van der Waals surface area contributed by atoms with Crippen LogP contribution < -0.4 is 5.32 Å². The third-order valence-corrected chi connectivity index (χ3v) is 4.72. The van der Waals surface area contributed by atoms with Gasteiger partial charge in [-0.3, -0.25) is 0 Å². The Labute approximate surface area is 115 Å². The van der Waals surface area contributed by atoms with Gasteiger partial charge in [-0.2, -0.15) is 11.8 Å². The molecule has 0 amide bonds. The van der Waals surface area contributed by atoms with Crippen LogP contribution in [-0.4, -0.2) is 18.1 Å². The highest BCUT2D eigenvalue weighted by Gasteiger charge is 2.00. The zero-order chi connectivity index (χ0) is 12.0. The molecule has 0 saturated heterocycles. The van der Waals surface area contributed by atoms with Crippen LogP contribution in [0.2, 0.25) is 5.02 Å². The third kappa shape index (κ3) is 5.09. The lowest BCUT2D eigenvalue weighted by Gasteiger charge is -2.09. The Morgan fingerprint density at radius 3 is 2.88 bits per heavy atom. The van der Waals surface area contributed by atoms with E-state index in [-0.39, 0.29) is 0 Å². The van der Waals surface area contributed by atoms with E-state index in [2.05, 4.69) is 40.5 Å². The van der Waals surface area contributed by atoms with E-state index in [4.69, 9.17) is 11.6 Å². The number of rotatable bonds is 6. The summed E-state index contributed by atoms with van der Waals surface area (Å²) < 4.78 is 0.953. The van der Waals surface area contributed by atoms with Gasteiger partial charge >= 0.3 is 0 Å². The maximum Gasteiger partial charge on any atom is 0.0551 e. The van der Waals surface area contributed by atoms with Crippen molar-refractivity contribution >= 4 is 39.3 Å². The highest BCUT2D eigenvalue weighted by Crippen LogP contribution is 2.23. The van der Waals surface area contributed by atoms with Crippen molar-refractivity contribution in [1.29, 1.82) is 0 Å². The molecule has 1 aromatic carbocycles. The van der Waals surface area contributed by atoms with Crippen molar-refractivity contribution < 1.29 is 0 Å². The first-order valence-corrected chi connectivity index (χ1v) is 7.77. The van der Waals surface area contributed by atoms with Crippen LogP contribution in [0.3, 0.4) is 0 Å². The van der Waals surface area contributed by atoms with Crippen LogP contribution in [0.1, 0.15) is 18.9 Å². The molecule has 1 atom stereocenters. The number of hydrogen-bond acceptors (Lipinski definition) is 2. The Morgan fingerprint density at radius 2 is 2.25 bits per heavy atom. The van der Waals surface area contributed by atoms with Crippen molar-refractivity contribution in [3.05, 3.63) is 33.3 Å². The Bertz CT molecular complexity index is 333. The average Bonchev–Trinajstić information content (AvgIpc) is 2.28. The highest BCUT2D eigenvalue weighted by molar-refractivity contribution is 9.10. The van der Waals surface area contributed by atoms with Crippen molar-refractivity contribution in [2.75, 3.05) is 12.8 Å². The van der Waals surface area contributed by atoms with Gasteiger partial charge in [0.2, 0.25) is 0 Å². The van der Waals surface area contributed by atoms with E-state index < -0.39 is 0 Å². The molecule has 0 fully saturated rings. The maximum absolute atomic E-state index is 6.02. The number of halogens is 2. The number of nitrogens with one attached hydrogen (secondary N) is 1. The molecule has 0 heterocycles. The van der Waals surface area contributed by atoms with E-state index >= 15 is 0 Å². The molecule has 0 aliphatic heterocycles. The molecule has 0 aromatic heterocycles. The fourth-order valence-electron chi connectivity index (χ4n) is 1.31. The van der Waals surface area contributed by atoms with Crippen LogP contribution in [0.4, 0.5) is 0 Å². The molecule has 1 nitrogen and oxygen atoms in total. The van der Waals surface area contributed by atoms with Gasteiger partial charge in [-0.05, 0) is 52.8 Å². The fraction of sp³-hybridized carbons (Fsp3) is 0.500. The van der Waals surface area contributed by atoms with Gasteiger partial charge in [0.25, 0.3) is 0 Å². The highest BCUT2D eigenvalue weighted by atomic mass is 79.9. The van der Waals surface area contributed by atoms with Gasteiger partial charge in [-0.15, -0.1) is 0 Å². The van der Waals surface area contributed by atoms with Crippen LogP contribution in [0, 0.1) is 0 Å². The van der Waals surface area contributed by atoms with E-state index in [0.29, 0.717) is 0 Å². The summed E-state index contributed by atoms with van der Waals surface area (Å²) in [7, 11) is 0. The molecule has 0 bridgehead atoms. The van der Waals surface area contributed by atoms with Gasteiger partial charge in [0.1, 0.15) is 0 Å². The van der Waals surface area contributed by atoms with Crippen LogP contribution in [0.5, 0.6) is 0 Å². The zero-order valence-corrected chi connectivity index (χ0v) is 12.8. The van der Waals surface area contributed by atoms with Gasteiger partial charge in [0.05, 0.1) is 5.02 Å². The summed E-state index contributed by atoms with van der Waals surface area (Å²) in [6.07, 6.45) is 3.35. The third-order valence-electron chi connectivity index (χ3n) is 2.44. The van der Waals surface area contributed by atoms with E-state index in [9.17, 15) is 0 Å². The first-order valence-electron chi connectivity index (χ1n) is 5.31. The normalized spacial score (nSPS) is 12.8. The minimum atomic E-state index is 0.723. The van der Waals surface area contributed by atoms with Crippen LogP contribution in [0.25, 0.3) is 0 Å². The molecule has 1 aromatic rings. The first kappa shape index (κ1) is 14.4. The predicted octanol–water partition coefficient (Wildman–Crippen LogP) is 4.33. The Hall–Kier alpha value is 0.300. The average molecular weight is 323 g/mol. The standard InChI is InChI=1S/C12H17BrClNS/c1-9(16-2)5-6-15-8-10-3-4-11(13)12(14)7-10/h3-4,7,9,15H,5-6,8H2,1-2H3. The minimum absolute atomic E-state index is 0.723. The van der Waals surface area contributed by atoms with Crippen molar-refractivity contribution in [2.24, 2.45) is 0 Å². The fourth-order valence-corrected chi connectivity index (χ4v) is 2.11. The predicted molar refractivity (Wildman–Crippen MR) is 78.5 cm³/mol. The second-order valence-corrected chi connectivity index (χ2v) is 6.30. The molecule has 0 aliphatic carbocycles. The summed E-state index contributed by atoms with van der Waals surface area (Å²) in [6, 6.07) is 6.07. The summed E-state index contributed by atoms with van der Waals surface area (Å²) in [5.74, 6) is 0. The minimum Gasteiger partial charge on any atom is -0.313 e. The van der Waals surface area contributed by atoms with Crippen LogP contribution >= 0.6 is 39.3 Å². The van der Waals surface area contributed by atoms with E-state index in [1.165, 1.54) is 12.0 Å². The van der Waals surface area contributed by atoms with Crippen molar-refractivity contribution in [1.82, 2.24) is 5.32 Å². The number of benzene rings is 1. The van der Waals surface area contributed by atoms with Crippen LogP contribution in [-0.2, 0) is 6.54 Å². The van der Waals surface area contributed by atoms with Crippen molar-refractivity contribution in [3.63, 3.8) is 0 Å². The molecule has 0 spiro atoms. The molecule has 1 unspecified atom stereocenters. The molecule has 1 rings (SSSR count). The molecule has 4 heteroatoms. The van der Waals surface area contributed by atoms with Crippen molar-refractivity contribution in [2.45, 2.75) is 25.1 Å². The molecule has 0 radical (unpaired) electrons. The van der Waals surface area contributed by atoms with Crippen LogP contribution in [0.15, 0.2) is 22.7 Å². The van der Waals surface area contributed by atoms with E-state index in [0.717, 1.165) is 27.8 Å². The van der Waals surface area contributed by atoms with Gasteiger partial charge in [-0.25, -0.2) is 0 Å². The smallest absolute Gasteiger partial charge is 0.0551 e. The monoisotopic (exact) mass is 321 g/mol. The zero-order valence-electron chi connectivity index (χ0n) is 9.59. The number of hydrogen-bond donors (Lipinski definition) is 1. The summed E-state index contributed by atoms with van der Waals surface area (Å²) >= 11 is 11.3. The Kier molecular flexibility index (Phi) is 6.81. The lowest BCUT2D eigenvalue weighted by atomic mass is 10.2. The molecule has 1 N–H and O–H groups in total. The van der Waals surface area contributed by atoms with Crippen molar-refractivity contribution in [3.8, 4) is 0 Å². The largest absolute Gasteiger partial charge is 0.313 e. The van der Waals surface area contributed by atoms with E-state index in [1.54, 1.807) is 0 Å². The topological polar surface area (TPSA) is 12.0 Å².